The number of Topliss-reactive ketones (excluding diaryl/α,β-unsaturated/α-hetero) is 1. The average Bonchev–Trinajstić information content (AvgIpc) is 3.12. The molecule has 0 spiro atoms. The lowest BCUT2D eigenvalue weighted by Crippen LogP contribution is -2.36. The van der Waals surface area contributed by atoms with Gasteiger partial charge in [-0.25, -0.2) is 4.68 Å². The molecule has 4 rings (SSSR count). The van der Waals surface area contributed by atoms with Crippen molar-refractivity contribution in [1.29, 1.82) is 0 Å². The van der Waals surface area contributed by atoms with Gasteiger partial charge < -0.3 is 14.8 Å². The third-order valence-corrected chi connectivity index (χ3v) is 6.59. The largest absolute Gasteiger partial charge is 0.493 e. The highest BCUT2D eigenvalue weighted by Gasteiger charge is 2.42. The van der Waals surface area contributed by atoms with Gasteiger partial charge in [0.1, 0.15) is 6.04 Å². The summed E-state index contributed by atoms with van der Waals surface area (Å²) in [6.45, 7) is 8.89. The van der Waals surface area contributed by atoms with Crippen molar-refractivity contribution in [3.8, 4) is 11.5 Å². The lowest BCUT2D eigenvalue weighted by atomic mass is 9.73. The molecule has 0 fully saturated rings. The number of benzene rings is 1. The molecule has 0 saturated carbocycles. The van der Waals surface area contributed by atoms with Crippen LogP contribution in [-0.4, -0.2) is 40.0 Å². The van der Waals surface area contributed by atoms with Crippen molar-refractivity contribution in [2.45, 2.75) is 58.2 Å². The van der Waals surface area contributed by atoms with Crippen LogP contribution in [0.5, 0.6) is 11.5 Å². The predicted octanol–water partition coefficient (Wildman–Crippen LogP) is 4.85. The highest BCUT2D eigenvalue weighted by Crippen LogP contribution is 2.46. The third-order valence-electron chi connectivity index (χ3n) is 5.55. The van der Waals surface area contributed by atoms with Crippen molar-refractivity contribution >= 4 is 23.5 Å². The van der Waals surface area contributed by atoms with Gasteiger partial charge in [0.15, 0.2) is 17.3 Å². The number of ether oxygens (including phenoxy) is 2. The maximum Gasteiger partial charge on any atom is 0.227 e. The molecular formula is C23H30N4O3S. The number of hydrogen-bond donors (Lipinski definition) is 1. The average molecular weight is 443 g/mol. The van der Waals surface area contributed by atoms with Gasteiger partial charge in [0, 0.05) is 23.4 Å². The second-order valence-corrected chi connectivity index (χ2v) is 9.78. The molecule has 0 bridgehead atoms. The second-order valence-electron chi connectivity index (χ2n) is 8.72. The number of carbonyl (C=O) groups is 1. The van der Waals surface area contributed by atoms with E-state index in [2.05, 4.69) is 26.1 Å². The summed E-state index contributed by atoms with van der Waals surface area (Å²) in [5, 5.41) is 8.91. The van der Waals surface area contributed by atoms with Gasteiger partial charge in [0.2, 0.25) is 11.1 Å². The molecule has 1 atom stereocenters. The molecule has 1 N–H and O–H groups in total. The molecule has 0 amide bonds. The number of methoxy groups -OCH3 is 1. The molecule has 2 aromatic rings. The summed E-state index contributed by atoms with van der Waals surface area (Å²) < 4.78 is 13.1. The fourth-order valence-electron chi connectivity index (χ4n) is 4.28. The van der Waals surface area contributed by atoms with Crippen LogP contribution >= 0.6 is 11.8 Å². The van der Waals surface area contributed by atoms with Gasteiger partial charge in [-0.05, 0) is 42.9 Å². The van der Waals surface area contributed by atoms with Gasteiger partial charge >= 0.3 is 0 Å². The lowest BCUT2D eigenvalue weighted by Gasteiger charge is -2.38. The molecule has 31 heavy (non-hydrogen) atoms. The molecule has 2 heterocycles. The predicted molar refractivity (Wildman–Crippen MR) is 122 cm³/mol. The van der Waals surface area contributed by atoms with Gasteiger partial charge in [-0.1, -0.05) is 38.6 Å². The monoisotopic (exact) mass is 442 g/mol. The summed E-state index contributed by atoms with van der Waals surface area (Å²) in [4.78, 5) is 18.0. The van der Waals surface area contributed by atoms with Gasteiger partial charge in [-0.3, -0.25) is 4.79 Å². The minimum absolute atomic E-state index is 0.0913. The highest BCUT2D eigenvalue weighted by molar-refractivity contribution is 7.99. The van der Waals surface area contributed by atoms with E-state index in [0.717, 1.165) is 40.6 Å². The Morgan fingerprint density at radius 3 is 2.77 bits per heavy atom. The van der Waals surface area contributed by atoms with E-state index in [-0.39, 0.29) is 17.2 Å². The van der Waals surface area contributed by atoms with Gasteiger partial charge in [0.25, 0.3) is 0 Å². The van der Waals surface area contributed by atoms with Crippen LogP contribution < -0.4 is 14.8 Å². The van der Waals surface area contributed by atoms with Crippen LogP contribution in [-0.2, 0) is 4.79 Å². The number of anilines is 1. The molecule has 2 aliphatic rings. The molecule has 1 aliphatic heterocycles. The summed E-state index contributed by atoms with van der Waals surface area (Å²) in [6.07, 6.45) is 2.35. The quantitative estimate of drug-likeness (QED) is 0.614. The minimum atomic E-state index is -0.345. The van der Waals surface area contributed by atoms with E-state index in [4.69, 9.17) is 19.6 Å². The summed E-state index contributed by atoms with van der Waals surface area (Å²) in [6, 6.07) is 5.50. The summed E-state index contributed by atoms with van der Waals surface area (Å²) in [5.41, 5.74) is 2.56. The van der Waals surface area contributed by atoms with Crippen molar-refractivity contribution < 1.29 is 14.3 Å². The normalized spacial score (nSPS) is 19.5. The molecule has 0 saturated heterocycles. The first kappa shape index (κ1) is 21.7. The number of fused-ring (bicyclic) bond motifs is 1. The zero-order valence-corrected chi connectivity index (χ0v) is 19.6. The molecular weight excluding hydrogens is 412 g/mol. The minimum Gasteiger partial charge on any atom is -0.493 e. The maximum atomic E-state index is 13.3. The van der Waals surface area contributed by atoms with E-state index >= 15 is 0 Å². The van der Waals surface area contributed by atoms with Crippen molar-refractivity contribution in [2.24, 2.45) is 5.41 Å². The molecule has 1 unspecified atom stereocenters. The Morgan fingerprint density at radius 1 is 1.26 bits per heavy atom. The molecule has 0 radical (unpaired) electrons. The second kappa shape index (κ2) is 8.57. The van der Waals surface area contributed by atoms with E-state index in [1.807, 2.05) is 29.8 Å². The van der Waals surface area contributed by atoms with E-state index in [9.17, 15) is 4.79 Å². The number of ketones is 1. The summed E-state index contributed by atoms with van der Waals surface area (Å²) in [5.74, 6) is 3.11. The number of aromatic nitrogens is 3. The smallest absolute Gasteiger partial charge is 0.227 e. The molecule has 166 valence electrons. The lowest BCUT2D eigenvalue weighted by molar-refractivity contribution is -0.118. The first-order valence-electron chi connectivity index (χ1n) is 10.8. The van der Waals surface area contributed by atoms with Crippen molar-refractivity contribution in [3.63, 3.8) is 0 Å². The van der Waals surface area contributed by atoms with Crippen LogP contribution in [0.2, 0.25) is 0 Å². The number of thioether (sulfide) groups is 1. The first-order chi connectivity index (χ1) is 14.9. The molecule has 1 aromatic carbocycles. The highest BCUT2D eigenvalue weighted by atomic mass is 32.2. The fourth-order valence-corrected chi connectivity index (χ4v) is 4.96. The van der Waals surface area contributed by atoms with Crippen LogP contribution in [0.3, 0.4) is 0 Å². The van der Waals surface area contributed by atoms with E-state index < -0.39 is 0 Å². The Balaban J connectivity index is 1.84. The van der Waals surface area contributed by atoms with E-state index in [0.29, 0.717) is 30.5 Å². The summed E-state index contributed by atoms with van der Waals surface area (Å²) >= 11 is 1.63. The molecule has 8 heteroatoms. The van der Waals surface area contributed by atoms with E-state index in [1.54, 1.807) is 18.9 Å². The van der Waals surface area contributed by atoms with Crippen molar-refractivity contribution in [2.75, 3.05) is 24.8 Å². The number of hydrogen-bond acceptors (Lipinski definition) is 7. The third kappa shape index (κ3) is 4.18. The maximum absolute atomic E-state index is 13.3. The van der Waals surface area contributed by atoms with Crippen LogP contribution in [0.25, 0.3) is 0 Å². The van der Waals surface area contributed by atoms with Crippen LogP contribution in [0, 0.1) is 5.41 Å². The zero-order valence-electron chi connectivity index (χ0n) is 18.8. The number of allylic oxidation sites excluding steroid dienone is 2. The van der Waals surface area contributed by atoms with Crippen molar-refractivity contribution in [1.82, 2.24) is 14.8 Å². The molecule has 1 aromatic heterocycles. The van der Waals surface area contributed by atoms with Crippen LogP contribution in [0.4, 0.5) is 5.95 Å². The topological polar surface area (TPSA) is 78.3 Å². The molecule has 7 nitrogen and oxygen atoms in total. The Kier molecular flexibility index (Phi) is 6.01. The standard InChI is InChI=1S/C23H30N4O3S/c1-6-10-31-22-25-21-24-15-12-23(3,4)13-16(28)19(15)20(27(21)26-22)14-8-9-17(30-7-2)18(11-14)29-5/h8-9,11,20H,6-7,10,12-13H2,1-5H3,(H,24,25,26). The first-order valence-corrected chi connectivity index (χ1v) is 11.8. The van der Waals surface area contributed by atoms with Crippen molar-refractivity contribution in [3.05, 3.63) is 35.0 Å². The zero-order chi connectivity index (χ0) is 22.2. The Bertz CT molecular complexity index is 1030. The number of nitrogens with zero attached hydrogens (tertiary/aromatic N) is 3. The Labute approximate surface area is 187 Å². The SMILES string of the molecule is CCCSc1nc2n(n1)C(c1ccc(OCC)c(OC)c1)C1=C(CC(C)(C)CC1=O)N2. The van der Waals surface area contributed by atoms with Gasteiger partial charge in [0.05, 0.1) is 13.7 Å². The van der Waals surface area contributed by atoms with E-state index in [1.165, 1.54) is 0 Å². The molecule has 1 aliphatic carbocycles. The summed E-state index contributed by atoms with van der Waals surface area (Å²) in [7, 11) is 1.63. The van der Waals surface area contributed by atoms with Gasteiger partial charge in [-0.15, -0.1) is 5.10 Å². The van der Waals surface area contributed by atoms with Gasteiger partial charge in [-0.2, -0.15) is 4.98 Å². The number of carbonyl (C=O) groups excluding carboxylic acids is 1. The Morgan fingerprint density at radius 2 is 2.06 bits per heavy atom. The number of rotatable bonds is 7. The fraction of sp³-hybridized carbons (Fsp3) is 0.522. The Hall–Kier alpha value is -2.48. The number of nitrogens with one attached hydrogen (secondary N) is 1. The van der Waals surface area contributed by atoms with Crippen LogP contribution in [0.15, 0.2) is 34.6 Å². The van der Waals surface area contributed by atoms with Crippen LogP contribution in [0.1, 0.15) is 58.6 Å².